The Morgan fingerprint density at radius 1 is 1.11 bits per heavy atom. The van der Waals surface area contributed by atoms with Gasteiger partial charge in [0.25, 0.3) is 0 Å². The van der Waals surface area contributed by atoms with Gasteiger partial charge in [0.05, 0.1) is 28.8 Å². The van der Waals surface area contributed by atoms with Crippen molar-refractivity contribution in [3.05, 3.63) is 28.2 Å². The van der Waals surface area contributed by atoms with Gasteiger partial charge >= 0.3 is 0 Å². The maximum atomic E-state index is 11.6. The van der Waals surface area contributed by atoms with E-state index < -0.39 is 0 Å². The van der Waals surface area contributed by atoms with E-state index in [0.717, 1.165) is 0 Å². The molecule has 0 heterocycles. The molecule has 7 heteroatoms. The van der Waals surface area contributed by atoms with Crippen LogP contribution >= 0.6 is 23.2 Å². The Morgan fingerprint density at radius 2 is 1.67 bits per heavy atom. The number of halogens is 2. The van der Waals surface area contributed by atoms with Crippen LogP contribution in [0.5, 0.6) is 0 Å². The SMILES string of the molecule is CNC(=O)CNCC(=O)Nc1c(Cl)cccc1Cl. The third-order valence-corrected chi connectivity index (χ3v) is 2.71. The van der Waals surface area contributed by atoms with Crippen molar-refractivity contribution < 1.29 is 9.59 Å². The molecule has 0 aliphatic carbocycles. The standard InChI is InChI=1S/C11H13Cl2N3O2/c1-14-9(17)5-15-6-10(18)16-11-7(12)3-2-4-8(11)13/h2-4,15H,5-6H2,1H3,(H,14,17)(H,16,18). The Labute approximate surface area is 115 Å². The van der Waals surface area contributed by atoms with Crippen LogP contribution in [0.4, 0.5) is 5.69 Å². The minimum Gasteiger partial charge on any atom is -0.358 e. The number of likely N-dealkylation sites (N-methyl/N-ethyl adjacent to an activating group) is 1. The number of rotatable bonds is 5. The van der Waals surface area contributed by atoms with Gasteiger partial charge in [-0.2, -0.15) is 0 Å². The molecule has 0 atom stereocenters. The van der Waals surface area contributed by atoms with E-state index in [4.69, 9.17) is 23.2 Å². The van der Waals surface area contributed by atoms with Crippen LogP contribution in [0.3, 0.4) is 0 Å². The first-order chi connectivity index (χ1) is 8.54. The summed E-state index contributed by atoms with van der Waals surface area (Å²) in [5, 5.41) is 8.42. The van der Waals surface area contributed by atoms with Crippen molar-refractivity contribution in [1.82, 2.24) is 10.6 Å². The molecule has 1 aromatic carbocycles. The fourth-order valence-electron chi connectivity index (χ4n) is 1.18. The third kappa shape index (κ3) is 4.52. The molecule has 0 saturated heterocycles. The zero-order chi connectivity index (χ0) is 13.5. The average Bonchev–Trinajstić information content (AvgIpc) is 2.34. The second kappa shape index (κ2) is 7.20. The summed E-state index contributed by atoms with van der Waals surface area (Å²) in [6.45, 7) is 0.0646. The first-order valence-corrected chi connectivity index (χ1v) is 5.95. The number of carbonyl (C=O) groups is 2. The summed E-state index contributed by atoms with van der Waals surface area (Å²) in [6, 6.07) is 4.94. The zero-order valence-electron chi connectivity index (χ0n) is 9.72. The molecule has 3 N–H and O–H groups in total. The molecule has 0 fully saturated rings. The van der Waals surface area contributed by atoms with E-state index in [1.807, 2.05) is 0 Å². The average molecular weight is 290 g/mol. The van der Waals surface area contributed by atoms with Crippen molar-refractivity contribution in [2.45, 2.75) is 0 Å². The van der Waals surface area contributed by atoms with E-state index in [1.54, 1.807) is 18.2 Å². The Morgan fingerprint density at radius 3 is 2.22 bits per heavy atom. The highest BCUT2D eigenvalue weighted by Crippen LogP contribution is 2.29. The molecule has 0 radical (unpaired) electrons. The topological polar surface area (TPSA) is 70.2 Å². The lowest BCUT2D eigenvalue weighted by Crippen LogP contribution is -2.36. The fourth-order valence-corrected chi connectivity index (χ4v) is 1.67. The molecule has 0 saturated carbocycles. The lowest BCUT2D eigenvalue weighted by atomic mass is 10.3. The maximum Gasteiger partial charge on any atom is 0.238 e. The van der Waals surface area contributed by atoms with Crippen molar-refractivity contribution in [1.29, 1.82) is 0 Å². The number of hydrogen-bond acceptors (Lipinski definition) is 3. The molecule has 0 aromatic heterocycles. The maximum absolute atomic E-state index is 11.6. The molecule has 0 aliphatic heterocycles. The summed E-state index contributed by atoms with van der Waals surface area (Å²) in [6.07, 6.45) is 0. The van der Waals surface area contributed by atoms with Gasteiger partial charge in [-0.1, -0.05) is 29.3 Å². The molecule has 1 aromatic rings. The predicted octanol–water partition coefficient (Wildman–Crippen LogP) is 1.27. The van der Waals surface area contributed by atoms with Crippen LogP contribution in [0.25, 0.3) is 0 Å². The molecule has 1 rings (SSSR count). The second-order valence-corrected chi connectivity index (χ2v) is 4.24. The van der Waals surface area contributed by atoms with Crippen molar-refractivity contribution in [3.63, 3.8) is 0 Å². The lowest BCUT2D eigenvalue weighted by Gasteiger charge is -2.09. The summed E-state index contributed by atoms with van der Waals surface area (Å²) >= 11 is 11.8. The van der Waals surface area contributed by atoms with E-state index in [1.165, 1.54) is 7.05 Å². The van der Waals surface area contributed by atoms with Gasteiger partial charge in [-0.15, -0.1) is 0 Å². The second-order valence-electron chi connectivity index (χ2n) is 3.42. The molecule has 2 amide bonds. The van der Waals surface area contributed by atoms with Crippen LogP contribution in [0.2, 0.25) is 10.0 Å². The van der Waals surface area contributed by atoms with E-state index in [0.29, 0.717) is 15.7 Å². The van der Waals surface area contributed by atoms with Crippen LogP contribution < -0.4 is 16.0 Å². The molecule has 0 unspecified atom stereocenters. The molecular weight excluding hydrogens is 277 g/mol. The van der Waals surface area contributed by atoms with E-state index in [9.17, 15) is 9.59 Å². The molecule has 18 heavy (non-hydrogen) atoms. The van der Waals surface area contributed by atoms with E-state index in [2.05, 4.69) is 16.0 Å². The lowest BCUT2D eigenvalue weighted by molar-refractivity contribution is -0.119. The smallest absolute Gasteiger partial charge is 0.238 e. The van der Waals surface area contributed by atoms with Crippen molar-refractivity contribution >= 4 is 40.7 Å². The van der Waals surface area contributed by atoms with E-state index >= 15 is 0 Å². The number of nitrogens with one attached hydrogen (secondary N) is 3. The van der Waals surface area contributed by atoms with Gasteiger partial charge in [-0.3, -0.25) is 14.9 Å². The Kier molecular flexibility index (Phi) is 5.91. The highest BCUT2D eigenvalue weighted by molar-refractivity contribution is 6.39. The monoisotopic (exact) mass is 289 g/mol. The van der Waals surface area contributed by atoms with Crippen molar-refractivity contribution in [2.24, 2.45) is 0 Å². The van der Waals surface area contributed by atoms with Gasteiger partial charge < -0.3 is 10.6 Å². The molecule has 98 valence electrons. The van der Waals surface area contributed by atoms with Crippen LogP contribution in [0.15, 0.2) is 18.2 Å². The molecule has 0 spiro atoms. The van der Waals surface area contributed by atoms with Crippen LogP contribution in [0, 0.1) is 0 Å². The summed E-state index contributed by atoms with van der Waals surface area (Å²) in [5.74, 6) is -0.521. The Balaban J connectivity index is 2.47. The van der Waals surface area contributed by atoms with Gasteiger partial charge in [0.2, 0.25) is 11.8 Å². The molecule has 5 nitrogen and oxygen atoms in total. The first-order valence-electron chi connectivity index (χ1n) is 5.19. The highest BCUT2D eigenvalue weighted by atomic mass is 35.5. The van der Waals surface area contributed by atoms with Crippen molar-refractivity contribution in [2.75, 3.05) is 25.5 Å². The summed E-state index contributed by atoms with van der Waals surface area (Å²) in [5.41, 5.74) is 0.368. The third-order valence-electron chi connectivity index (χ3n) is 2.08. The van der Waals surface area contributed by atoms with Gasteiger partial charge in [0.1, 0.15) is 0 Å². The Hall–Kier alpha value is -1.30. The number of carbonyl (C=O) groups excluding carboxylic acids is 2. The summed E-state index contributed by atoms with van der Waals surface area (Å²) in [4.78, 5) is 22.5. The van der Waals surface area contributed by atoms with Gasteiger partial charge in [-0.25, -0.2) is 0 Å². The molecular formula is C11H13Cl2N3O2. The summed E-state index contributed by atoms with van der Waals surface area (Å²) < 4.78 is 0. The molecule has 0 aliphatic rings. The number of anilines is 1. The normalized spacial score (nSPS) is 9.94. The predicted molar refractivity (Wildman–Crippen MR) is 72.0 cm³/mol. The minimum atomic E-state index is -0.325. The van der Waals surface area contributed by atoms with Crippen LogP contribution in [-0.4, -0.2) is 32.0 Å². The van der Waals surface area contributed by atoms with E-state index in [-0.39, 0.29) is 24.9 Å². The summed E-state index contributed by atoms with van der Waals surface area (Å²) in [7, 11) is 1.52. The Bertz CT molecular complexity index is 432. The number of para-hydroxylation sites is 1. The fraction of sp³-hybridized carbons (Fsp3) is 0.273. The number of amides is 2. The molecule has 0 bridgehead atoms. The largest absolute Gasteiger partial charge is 0.358 e. The van der Waals surface area contributed by atoms with Gasteiger partial charge in [0, 0.05) is 7.05 Å². The number of hydrogen-bond donors (Lipinski definition) is 3. The first kappa shape index (κ1) is 14.8. The van der Waals surface area contributed by atoms with Crippen molar-refractivity contribution in [3.8, 4) is 0 Å². The zero-order valence-corrected chi connectivity index (χ0v) is 11.2. The quantitative estimate of drug-likeness (QED) is 0.765. The van der Waals surface area contributed by atoms with Gasteiger partial charge in [0.15, 0.2) is 0 Å². The minimum absolute atomic E-state index is 0.00499. The van der Waals surface area contributed by atoms with Crippen LogP contribution in [-0.2, 0) is 9.59 Å². The van der Waals surface area contributed by atoms with Crippen LogP contribution in [0.1, 0.15) is 0 Å². The number of benzene rings is 1. The van der Waals surface area contributed by atoms with Gasteiger partial charge in [-0.05, 0) is 12.1 Å². The highest BCUT2D eigenvalue weighted by Gasteiger charge is 2.09.